The van der Waals surface area contributed by atoms with E-state index in [9.17, 15) is 9.59 Å². The van der Waals surface area contributed by atoms with Gasteiger partial charge in [0.2, 0.25) is 0 Å². The Bertz CT molecular complexity index is 500. The number of aromatic carboxylic acids is 1. The van der Waals surface area contributed by atoms with Crippen molar-refractivity contribution in [3.63, 3.8) is 0 Å². The van der Waals surface area contributed by atoms with Gasteiger partial charge in [0.25, 0.3) is 5.91 Å². The Kier molecular flexibility index (Phi) is 4.77. The molecule has 2 heterocycles. The van der Waals surface area contributed by atoms with Gasteiger partial charge in [-0.3, -0.25) is 9.69 Å². The van der Waals surface area contributed by atoms with Crippen LogP contribution in [-0.2, 0) is 0 Å². The summed E-state index contributed by atoms with van der Waals surface area (Å²) in [6.45, 7) is 4.95. The number of thiophene rings is 1. The molecule has 110 valence electrons. The van der Waals surface area contributed by atoms with Crippen molar-refractivity contribution in [2.24, 2.45) is 0 Å². The average molecular weight is 296 g/mol. The number of carbonyl (C=O) groups excluding carboxylic acids is 1. The minimum atomic E-state index is -0.982. The van der Waals surface area contributed by atoms with Gasteiger partial charge in [-0.15, -0.1) is 11.3 Å². The van der Waals surface area contributed by atoms with E-state index in [2.05, 4.69) is 11.8 Å². The molecule has 0 aromatic carbocycles. The Hall–Kier alpha value is -1.40. The molecule has 1 amide bonds. The molecule has 1 aromatic heterocycles. The highest BCUT2D eigenvalue weighted by molar-refractivity contribution is 7.15. The van der Waals surface area contributed by atoms with Crippen LogP contribution < -0.4 is 0 Å². The lowest BCUT2D eigenvalue weighted by Gasteiger charge is -2.27. The number of carboxylic acid groups (broad SMARTS) is 1. The van der Waals surface area contributed by atoms with E-state index >= 15 is 0 Å². The summed E-state index contributed by atoms with van der Waals surface area (Å²) in [5, 5.41) is 8.89. The zero-order chi connectivity index (χ0) is 14.7. The fourth-order valence-electron chi connectivity index (χ4n) is 2.67. The molecule has 0 bridgehead atoms. The lowest BCUT2D eigenvalue weighted by Crippen LogP contribution is -2.40. The molecule has 2 rings (SSSR count). The first-order valence-electron chi connectivity index (χ1n) is 6.85. The van der Waals surface area contributed by atoms with Crippen LogP contribution >= 0.6 is 11.3 Å². The molecule has 1 aliphatic heterocycles. The van der Waals surface area contributed by atoms with Gasteiger partial charge in [-0.1, -0.05) is 6.92 Å². The number of carbonyl (C=O) groups is 2. The van der Waals surface area contributed by atoms with Gasteiger partial charge in [0.15, 0.2) is 0 Å². The maximum Gasteiger partial charge on any atom is 0.345 e. The van der Waals surface area contributed by atoms with Crippen molar-refractivity contribution in [1.82, 2.24) is 9.80 Å². The van der Waals surface area contributed by atoms with E-state index in [1.54, 1.807) is 18.0 Å². The Morgan fingerprint density at radius 2 is 2.15 bits per heavy atom. The van der Waals surface area contributed by atoms with Gasteiger partial charge < -0.3 is 10.0 Å². The van der Waals surface area contributed by atoms with Crippen LogP contribution in [-0.4, -0.2) is 59.5 Å². The van der Waals surface area contributed by atoms with E-state index in [4.69, 9.17) is 5.11 Å². The second-order valence-electron chi connectivity index (χ2n) is 5.08. The van der Waals surface area contributed by atoms with E-state index in [1.165, 1.54) is 12.5 Å². The van der Waals surface area contributed by atoms with E-state index < -0.39 is 5.97 Å². The number of amides is 1. The third kappa shape index (κ3) is 3.19. The molecule has 0 spiro atoms. The Labute approximate surface area is 122 Å². The number of hydrogen-bond acceptors (Lipinski definition) is 4. The Morgan fingerprint density at radius 1 is 1.45 bits per heavy atom. The summed E-state index contributed by atoms with van der Waals surface area (Å²) in [5.74, 6) is -1.07. The molecule has 20 heavy (non-hydrogen) atoms. The van der Waals surface area contributed by atoms with Gasteiger partial charge in [-0.25, -0.2) is 4.79 Å². The number of nitrogens with zero attached hydrogens (tertiary/aromatic N) is 2. The van der Waals surface area contributed by atoms with E-state index in [1.807, 2.05) is 0 Å². The second-order valence-corrected chi connectivity index (χ2v) is 6.16. The van der Waals surface area contributed by atoms with Crippen molar-refractivity contribution in [3.05, 3.63) is 21.9 Å². The molecular weight excluding hydrogens is 276 g/mol. The molecular formula is C14H20N2O3S. The first-order valence-corrected chi connectivity index (χ1v) is 7.67. The number of rotatable bonds is 5. The van der Waals surface area contributed by atoms with E-state index in [0.29, 0.717) is 17.5 Å². The summed E-state index contributed by atoms with van der Waals surface area (Å²) < 4.78 is 0. The molecule has 1 aromatic rings. The summed E-state index contributed by atoms with van der Waals surface area (Å²) in [4.78, 5) is 27.9. The van der Waals surface area contributed by atoms with Crippen LogP contribution in [0.15, 0.2) is 12.1 Å². The summed E-state index contributed by atoms with van der Waals surface area (Å²) in [6, 6.07) is 3.51. The van der Waals surface area contributed by atoms with Crippen molar-refractivity contribution in [3.8, 4) is 0 Å². The molecule has 1 aliphatic rings. The first-order chi connectivity index (χ1) is 9.52. The predicted octanol–water partition coefficient (Wildman–Crippen LogP) is 2.00. The van der Waals surface area contributed by atoms with Gasteiger partial charge in [0.1, 0.15) is 4.88 Å². The maximum absolute atomic E-state index is 12.3. The standard InChI is InChI=1S/C14H20N2O3S/c1-3-16-8-4-5-10(16)9-15(2)13(17)11-6-7-12(20-11)14(18)19/h6-7,10H,3-5,8-9H2,1-2H3,(H,18,19). The van der Waals surface area contributed by atoms with Gasteiger partial charge in [-0.05, 0) is 38.1 Å². The average Bonchev–Trinajstić information content (AvgIpc) is 3.06. The van der Waals surface area contributed by atoms with Crippen LogP contribution in [0.3, 0.4) is 0 Å². The molecule has 0 radical (unpaired) electrons. The number of hydrogen-bond donors (Lipinski definition) is 1. The first kappa shape index (κ1) is 15.0. The van der Waals surface area contributed by atoms with Crippen LogP contribution in [0.4, 0.5) is 0 Å². The topological polar surface area (TPSA) is 60.9 Å². The zero-order valence-corrected chi connectivity index (χ0v) is 12.7. The van der Waals surface area contributed by atoms with Crippen molar-refractivity contribution in [2.75, 3.05) is 26.7 Å². The van der Waals surface area contributed by atoms with Crippen LogP contribution in [0.25, 0.3) is 0 Å². The van der Waals surface area contributed by atoms with Gasteiger partial charge in [-0.2, -0.15) is 0 Å². The molecule has 1 unspecified atom stereocenters. The van der Waals surface area contributed by atoms with Crippen molar-refractivity contribution in [2.45, 2.75) is 25.8 Å². The minimum Gasteiger partial charge on any atom is -0.477 e. The third-order valence-corrected chi connectivity index (χ3v) is 4.83. The number of likely N-dealkylation sites (N-methyl/N-ethyl adjacent to an activating group) is 2. The second kappa shape index (κ2) is 6.37. The molecule has 0 saturated carbocycles. The summed E-state index contributed by atoms with van der Waals surface area (Å²) in [6.07, 6.45) is 2.30. The van der Waals surface area contributed by atoms with Gasteiger partial charge in [0, 0.05) is 19.6 Å². The quantitative estimate of drug-likeness (QED) is 0.903. The molecule has 6 heteroatoms. The Balaban J connectivity index is 1.99. The van der Waals surface area contributed by atoms with Crippen molar-refractivity contribution < 1.29 is 14.7 Å². The van der Waals surface area contributed by atoms with E-state index in [-0.39, 0.29) is 10.8 Å². The molecule has 1 N–H and O–H groups in total. The van der Waals surface area contributed by atoms with Gasteiger partial charge in [0.05, 0.1) is 4.88 Å². The largest absolute Gasteiger partial charge is 0.477 e. The highest BCUT2D eigenvalue weighted by Crippen LogP contribution is 2.21. The monoisotopic (exact) mass is 296 g/mol. The zero-order valence-electron chi connectivity index (χ0n) is 11.8. The van der Waals surface area contributed by atoms with Crippen molar-refractivity contribution >= 4 is 23.2 Å². The number of likely N-dealkylation sites (tertiary alicyclic amines) is 1. The van der Waals surface area contributed by atoms with Crippen LogP contribution in [0, 0.1) is 0 Å². The highest BCUT2D eigenvalue weighted by atomic mass is 32.1. The lowest BCUT2D eigenvalue weighted by molar-refractivity contribution is 0.0701. The normalized spacial score (nSPS) is 19.2. The van der Waals surface area contributed by atoms with Crippen LogP contribution in [0.2, 0.25) is 0 Å². The van der Waals surface area contributed by atoms with Crippen LogP contribution in [0.5, 0.6) is 0 Å². The SMILES string of the molecule is CCN1CCCC1CN(C)C(=O)c1ccc(C(=O)O)s1. The Morgan fingerprint density at radius 3 is 2.75 bits per heavy atom. The number of carboxylic acids is 1. The molecule has 5 nitrogen and oxygen atoms in total. The maximum atomic E-state index is 12.3. The fraction of sp³-hybridized carbons (Fsp3) is 0.571. The molecule has 1 atom stereocenters. The molecule has 0 aliphatic carbocycles. The highest BCUT2D eigenvalue weighted by Gasteiger charge is 2.26. The van der Waals surface area contributed by atoms with E-state index in [0.717, 1.165) is 30.8 Å². The predicted molar refractivity (Wildman–Crippen MR) is 78.5 cm³/mol. The summed E-state index contributed by atoms with van der Waals surface area (Å²) in [7, 11) is 1.79. The molecule has 1 saturated heterocycles. The fourth-order valence-corrected chi connectivity index (χ4v) is 3.51. The minimum absolute atomic E-state index is 0.0922. The van der Waals surface area contributed by atoms with Crippen molar-refractivity contribution in [1.29, 1.82) is 0 Å². The lowest BCUT2D eigenvalue weighted by atomic mass is 10.2. The smallest absolute Gasteiger partial charge is 0.345 e. The summed E-state index contributed by atoms with van der Waals surface area (Å²) >= 11 is 1.04. The van der Waals surface area contributed by atoms with Gasteiger partial charge >= 0.3 is 5.97 Å². The van der Waals surface area contributed by atoms with Crippen LogP contribution in [0.1, 0.15) is 39.1 Å². The summed E-state index contributed by atoms with van der Waals surface area (Å²) in [5.41, 5.74) is 0. The third-order valence-electron chi connectivity index (χ3n) is 3.76. The molecule has 1 fully saturated rings.